The zero-order valence-electron chi connectivity index (χ0n) is 14.3. The molecule has 0 fully saturated rings. The first-order valence-electron chi connectivity index (χ1n) is 7.68. The molecule has 6 heteroatoms. The van der Waals surface area contributed by atoms with E-state index in [4.69, 9.17) is 18.7 Å². The largest absolute Gasteiger partial charge is 0.497 e. The van der Waals surface area contributed by atoms with Gasteiger partial charge in [0.15, 0.2) is 17.3 Å². The lowest BCUT2D eigenvalue weighted by Gasteiger charge is -2.09. The van der Waals surface area contributed by atoms with Gasteiger partial charge in [0.05, 0.1) is 33.5 Å². The maximum absolute atomic E-state index is 9.88. The van der Waals surface area contributed by atoms with Crippen molar-refractivity contribution in [2.45, 2.75) is 6.61 Å². The number of rotatable bonds is 6. The summed E-state index contributed by atoms with van der Waals surface area (Å²) in [6.07, 6.45) is 0. The summed E-state index contributed by atoms with van der Waals surface area (Å²) in [6, 6.07) is 12.8. The SMILES string of the molecule is COc1cccc(-c2noc(-c3ccc(OC)c(OC)c3)c2CO)c1. The molecule has 0 atom stereocenters. The minimum Gasteiger partial charge on any atom is -0.497 e. The van der Waals surface area contributed by atoms with Crippen LogP contribution in [0.15, 0.2) is 47.0 Å². The van der Waals surface area contributed by atoms with E-state index in [-0.39, 0.29) is 6.61 Å². The first kappa shape index (κ1) is 16.9. The van der Waals surface area contributed by atoms with Crippen molar-refractivity contribution in [2.75, 3.05) is 21.3 Å². The average Bonchev–Trinajstić information content (AvgIpc) is 3.11. The second-order valence-corrected chi connectivity index (χ2v) is 5.30. The van der Waals surface area contributed by atoms with E-state index < -0.39 is 0 Å². The van der Waals surface area contributed by atoms with E-state index in [2.05, 4.69) is 5.16 Å². The van der Waals surface area contributed by atoms with Crippen molar-refractivity contribution in [3.05, 3.63) is 48.0 Å². The summed E-state index contributed by atoms with van der Waals surface area (Å²) in [5.74, 6) is 2.38. The van der Waals surface area contributed by atoms with Crippen molar-refractivity contribution >= 4 is 0 Å². The Kier molecular flexibility index (Phi) is 4.90. The number of aromatic nitrogens is 1. The van der Waals surface area contributed by atoms with E-state index >= 15 is 0 Å². The van der Waals surface area contributed by atoms with E-state index in [0.29, 0.717) is 34.3 Å². The van der Waals surface area contributed by atoms with Crippen LogP contribution in [0, 0.1) is 0 Å². The lowest BCUT2D eigenvalue weighted by atomic mass is 10.0. The average molecular weight is 341 g/mol. The molecular weight excluding hydrogens is 322 g/mol. The number of ether oxygens (including phenoxy) is 3. The molecule has 0 aliphatic rings. The highest BCUT2D eigenvalue weighted by Crippen LogP contribution is 2.37. The molecule has 0 saturated carbocycles. The van der Waals surface area contributed by atoms with Crippen LogP contribution >= 0.6 is 0 Å². The van der Waals surface area contributed by atoms with Crippen LogP contribution in [-0.2, 0) is 6.61 Å². The van der Waals surface area contributed by atoms with E-state index in [1.807, 2.05) is 30.3 Å². The Balaban J connectivity index is 2.08. The molecule has 1 aromatic heterocycles. The summed E-state index contributed by atoms with van der Waals surface area (Å²) < 4.78 is 21.3. The highest BCUT2D eigenvalue weighted by Gasteiger charge is 2.20. The third-order valence-corrected chi connectivity index (χ3v) is 3.94. The van der Waals surface area contributed by atoms with Gasteiger partial charge in [0.25, 0.3) is 0 Å². The van der Waals surface area contributed by atoms with Crippen LogP contribution in [0.2, 0.25) is 0 Å². The van der Waals surface area contributed by atoms with Gasteiger partial charge in [0.2, 0.25) is 0 Å². The number of hydrogen-bond donors (Lipinski definition) is 1. The Labute approximate surface area is 145 Å². The number of aliphatic hydroxyl groups is 1. The van der Waals surface area contributed by atoms with Crippen LogP contribution in [0.5, 0.6) is 17.2 Å². The summed E-state index contributed by atoms with van der Waals surface area (Å²) >= 11 is 0. The van der Waals surface area contributed by atoms with Crippen molar-refractivity contribution in [3.63, 3.8) is 0 Å². The van der Waals surface area contributed by atoms with Gasteiger partial charge in [-0.05, 0) is 30.3 Å². The van der Waals surface area contributed by atoms with E-state index in [0.717, 1.165) is 11.1 Å². The molecule has 25 heavy (non-hydrogen) atoms. The van der Waals surface area contributed by atoms with Crippen LogP contribution in [0.1, 0.15) is 5.56 Å². The molecule has 6 nitrogen and oxygen atoms in total. The van der Waals surface area contributed by atoms with Gasteiger partial charge >= 0.3 is 0 Å². The van der Waals surface area contributed by atoms with E-state index in [1.165, 1.54) is 0 Å². The van der Waals surface area contributed by atoms with E-state index in [1.54, 1.807) is 33.5 Å². The van der Waals surface area contributed by atoms with Gasteiger partial charge in [-0.1, -0.05) is 17.3 Å². The Morgan fingerprint density at radius 1 is 0.920 bits per heavy atom. The minimum atomic E-state index is -0.209. The second-order valence-electron chi connectivity index (χ2n) is 5.30. The maximum Gasteiger partial charge on any atom is 0.173 e. The van der Waals surface area contributed by atoms with Gasteiger partial charge in [-0.3, -0.25) is 0 Å². The molecule has 1 N–H and O–H groups in total. The molecule has 0 spiro atoms. The summed E-state index contributed by atoms with van der Waals surface area (Å²) in [5.41, 5.74) is 2.72. The summed E-state index contributed by atoms with van der Waals surface area (Å²) in [5, 5.41) is 14.0. The lowest BCUT2D eigenvalue weighted by molar-refractivity contribution is 0.281. The lowest BCUT2D eigenvalue weighted by Crippen LogP contribution is -1.93. The Bertz CT molecular complexity index is 872. The molecule has 3 rings (SSSR count). The van der Waals surface area contributed by atoms with Crippen LogP contribution < -0.4 is 14.2 Å². The van der Waals surface area contributed by atoms with Gasteiger partial charge in [-0.2, -0.15) is 0 Å². The number of hydrogen-bond acceptors (Lipinski definition) is 6. The van der Waals surface area contributed by atoms with Crippen LogP contribution in [0.4, 0.5) is 0 Å². The molecule has 2 aromatic carbocycles. The quantitative estimate of drug-likeness (QED) is 0.739. The summed E-state index contributed by atoms with van der Waals surface area (Å²) in [7, 11) is 4.74. The normalized spacial score (nSPS) is 10.6. The molecule has 130 valence electrons. The van der Waals surface area contributed by atoms with Gasteiger partial charge < -0.3 is 23.8 Å². The second kappa shape index (κ2) is 7.27. The summed E-state index contributed by atoms with van der Waals surface area (Å²) in [6.45, 7) is -0.209. The van der Waals surface area contributed by atoms with Crippen molar-refractivity contribution in [3.8, 4) is 39.8 Å². The Hall–Kier alpha value is -2.99. The molecule has 0 aliphatic heterocycles. The fourth-order valence-corrected chi connectivity index (χ4v) is 2.66. The molecule has 0 radical (unpaired) electrons. The molecule has 1 heterocycles. The maximum atomic E-state index is 9.88. The molecule has 0 bridgehead atoms. The predicted octanol–water partition coefficient (Wildman–Crippen LogP) is 3.53. The molecule has 0 amide bonds. The van der Waals surface area contributed by atoms with E-state index in [9.17, 15) is 5.11 Å². The van der Waals surface area contributed by atoms with Gasteiger partial charge in [-0.25, -0.2) is 0 Å². The first-order valence-corrected chi connectivity index (χ1v) is 7.68. The van der Waals surface area contributed by atoms with Gasteiger partial charge in [-0.15, -0.1) is 0 Å². The monoisotopic (exact) mass is 341 g/mol. The fraction of sp³-hybridized carbons (Fsp3) is 0.211. The fourth-order valence-electron chi connectivity index (χ4n) is 2.66. The standard InChI is InChI=1S/C19H19NO5/c1-22-14-6-4-5-12(9-14)18-15(11-21)19(25-20-18)13-7-8-16(23-2)17(10-13)24-3/h4-10,21H,11H2,1-3H3. The van der Waals surface area contributed by atoms with Crippen molar-refractivity contribution in [1.82, 2.24) is 5.16 Å². The zero-order chi connectivity index (χ0) is 17.8. The number of nitrogens with zero attached hydrogens (tertiary/aromatic N) is 1. The third kappa shape index (κ3) is 3.16. The smallest absolute Gasteiger partial charge is 0.173 e. The van der Waals surface area contributed by atoms with Gasteiger partial charge in [0.1, 0.15) is 11.4 Å². The number of aliphatic hydroxyl groups excluding tert-OH is 1. The molecule has 0 saturated heterocycles. The number of benzene rings is 2. The third-order valence-electron chi connectivity index (χ3n) is 3.94. The van der Waals surface area contributed by atoms with Gasteiger partial charge in [0, 0.05) is 11.1 Å². The predicted molar refractivity (Wildman–Crippen MR) is 93.0 cm³/mol. The minimum absolute atomic E-state index is 0.209. The molecule has 3 aromatic rings. The Morgan fingerprint density at radius 2 is 1.72 bits per heavy atom. The highest BCUT2D eigenvalue weighted by atomic mass is 16.5. The number of methoxy groups -OCH3 is 3. The van der Waals surface area contributed by atoms with Crippen LogP contribution in [0.25, 0.3) is 22.6 Å². The van der Waals surface area contributed by atoms with Crippen molar-refractivity contribution in [2.24, 2.45) is 0 Å². The highest BCUT2D eigenvalue weighted by molar-refractivity contribution is 5.74. The van der Waals surface area contributed by atoms with Crippen LogP contribution in [-0.4, -0.2) is 31.6 Å². The van der Waals surface area contributed by atoms with Crippen molar-refractivity contribution in [1.29, 1.82) is 0 Å². The molecular formula is C19H19NO5. The van der Waals surface area contributed by atoms with Crippen molar-refractivity contribution < 1.29 is 23.8 Å². The Morgan fingerprint density at radius 3 is 2.40 bits per heavy atom. The summed E-state index contributed by atoms with van der Waals surface area (Å²) in [4.78, 5) is 0. The molecule has 0 aliphatic carbocycles. The topological polar surface area (TPSA) is 74.0 Å². The first-order chi connectivity index (χ1) is 12.2. The molecule has 0 unspecified atom stereocenters. The zero-order valence-corrected chi connectivity index (χ0v) is 14.3. The van der Waals surface area contributed by atoms with Crippen LogP contribution in [0.3, 0.4) is 0 Å².